The number of carbonyl (C=O) groups is 1. The second-order valence-corrected chi connectivity index (χ2v) is 6.32. The lowest BCUT2D eigenvalue weighted by molar-refractivity contribution is -0.134. The molecule has 1 amide bonds. The van der Waals surface area contributed by atoms with Crippen LogP contribution in [0.15, 0.2) is 0 Å². The van der Waals surface area contributed by atoms with Gasteiger partial charge in [-0.05, 0) is 44.1 Å². The number of nitrogens with zero attached hydrogens (tertiary/aromatic N) is 2. The normalized spacial score (nSPS) is 37.7. The van der Waals surface area contributed by atoms with Gasteiger partial charge in [0.1, 0.15) is 0 Å². The smallest absolute Gasteiger partial charge is 0.222 e. The molecule has 0 aromatic heterocycles. The molecule has 3 aliphatic rings. The molecule has 17 heavy (non-hydrogen) atoms. The number of likely N-dealkylation sites (N-methyl/N-ethyl adjacent to an activating group) is 1. The average molecular weight is 236 g/mol. The Bertz CT molecular complexity index is 297. The van der Waals surface area contributed by atoms with E-state index in [9.17, 15) is 4.79 Å². The Labute approximate surface area is 104 Å². The largest absolute Gasteiger partial charge is 0.340 e. The first-order valence-electron chi connectivity index (χ1n) is 7.18. The van der Waals surface area contributed by atoms with Gasteiger partial charge in [0.25, 0.3) is 0 Å². The van der Waals surface area contributed by atoms with Crippen LogP contribution in [-0.4, -0.2) is 48.9 Å². The lowest BCUT2D eigenvalue weighted by atomic mass is 9.86. The monoisotopic (exact) mass is 236 g/mol. The van der Waals surface area contributed by atoms with Crippen molar-refractivity contribution in [1.82, 2.24) is 9.80 Å². The standard InChI is InChI=1S/C14H24N2O/c1-15-4-6-16(7-5-15)14(17)10-13-9-11-2-3-12(13)8-11/h11-13H,2-10H2,1H3. The quantitative estimate of drug-likeness (QED) is 0.727. The van der Waals surface area contributed by atoms with Crippen molar-refractivity contribution in [1.29, 1.82) is 0 Å². The van der Waals surface area contributed by atoms with Gasteiger partial charge in [-0.25, -0.2) is 0 Å². The summed E-state index contributed by atoms with van der Waals surface area (Å²) in [6.45, 7) is 3.97. The summed E-state index contributed by atoms with van der Waals surface area (Å²) in [7, 11) is 2.14. The molecule has 1 aliphatic heterocycles. The number of carbonyl (C=O) groups excluding carboxylic acids is 1. The molecule has 1 saturated heterocycles. The van der Waals surface area contributed by atoms with E-state index in [1.54, 1.807) is 0 Å². The second-order valence-electron chi connectivity index (χ2n) is 6.32. The Morgan fingerprint density at radius 3 is 2.47 bits per heavy atom. The van der Waals surface area contributed by atoms with Crippen LogP contribution in [0.4, 0.5) is 0 Å². The minimum atomic E-state index is 0.427. The van der Waals surface area contributed by atoms with Crippen molar-refractivity contribution >= 4 is 5.91 Å². The molecule has 2 aliphatic carbocycles. The molecule has 3 fully saturated rings. The number of rotatable bonds is 2. The number of hydrogen-bond donors (Lipinski definition) is 0. The Kier molecular flexibility index (Phi) is 3.12. The maximum absolute atomic E-state index is 12.2. The van der Waals surface area contributed by atoms with Crippen LogP contribution in [0.2, 0.25) is 0 Å². The molecule has 3 nitrogen and oxygen atoms in total. The molecule has 0 spiro atoms. The van der Waals surface area contributed by atoms with Crippen molar-refractivity contribution in [3.63, 3.8) is 0 Å². The third-order valence-corrected chi connectivity index (χ3v) is 5.18. The van der Waals surface area contributed by atoms with E-state index in [0.29, 0.717) is 5.91 Å². The number of fused-ring (bicyclic) bond motifs is 2. The minimum absolute atomic E-state index is 0.427. The van der Waals surface area contributed by atoms with Gasteiger partial charge in [0.05, 0.1) is 0 Å². The van der Waals surface area contributed by atoms with Crippen LogP contribution in [0.3, 0.4) is 0 Å². The van der Waals surface area contributed by atoms with Crippen molar-refractivity contribution in [3.8, 4) is 0 Å². The van der Waals surface area contributed by atoms with Crippen molar-refractivity contribution in [2.45, 2.75) is 32.1 Å². The van der Waals surface area contributed by atoms with E-state index in [1.807, 2.05) is 0 Å². The number of amides is 1. The van der Waals surface area contributed by atoms with Crippen LogP contribution in [0.1, 0.15) is 32.1 Å². The second kappa shape index (κ2) is 4.60. The average Bonchev–Trinajstić information content (AvgIpc) is 2.91. The van der Waals surface area contributed by atoms with Gasteiger partial charge in [-0.1, -0.05) is 6.42 Å². The van der Waals surface area contributed by atoms with Crippen LogP contribution in [0.5, 0.6) is 0 Å². The molecule has 1 heterocycles. The zero-order valence-corrected chi connectivity index (χ0v) is 10.9. The molecule has 0 aromatic carbocycles. The maximum Gasteiger partial charge on any atom is 0.222 e. The fraction of sp³-hybridized carbons (Fsp3) is 0.929. The van der Waals surface area contributed by atoms with Crippen LogP contribution >= 0.6 is 0 Å². The first-order chi connectivity index (χ1) is 8.22. The predicted octanol–water partition coefficient (Wildman–Crippen LogP) is 1.59. The molecule has 3 atom stereocenters. The number of hydrogen-bond acceptors (Lipinski definition) is 2. The van der Waals surface area contributed by atoms with E-state index >= 15 is 0 Å². The number of piperazine rings is 1. The van der Waals surface area contributed by atoms with Crippen molar-refractivity contribution in [2.75, 3.05) is 33.2 Å². The highest BCUT2D eigenvalue weighted by atomic mass is 16.2. The summed E-state index contributed by atoms with van der Waals surface area (Å²) in [4.78, 5) is 16.6. The maximum atomic E-state index is 12.2. The summed E-state index contributed by atoms with van der Waals surface area (Å²) in [6, 6.07) is 0. The van der Waals surface area contributed by atoms with E-state index in [0.717, 1.165) is 50.4 Å². The highest BCUT2D eigenvalue weighted by Gasteiger charge is 2.40. The van der Waals surface area contributed by atoms with Crippen LogP contribution in [0, 0.1) is 17.8 Å². The highest BCUT2D eigenvalue weighted by molar-refractivity contribution is 5.76. The summed E-state index contributed by atoms with van der Waals surface area (Å²) in [5.41, 5.74) is 0. The van der Waals surface area contributed by atoms with E-state index in [1.165, 1.54) is 25.7 Å². The molecule has 3 heteroatoms. The highest BCUT2D eigenvalue weighted by Crippen LogP contribution is 2.49. The first-order valence-corrected chi connectivity index (χ1v) is 7.18. The topological polar surface area (TPSA) is 23.6 Å². The van der Waals surface area contributed by atoms with E-state index in [4.69, 9.17) is 0 Å². The molecular formula is C14H24N2O. The Morgan fingerprint density at radius 1 is 1.12 bits per heavy atom. The molecule has 0 N–H and O–H groups in total. The molecule has 3 rings (SSSR count). The van der Waals surface area contributed by atoms with Gasteiger partial charge in [0.15, 0.2) is 0 Å². The predicted molar refractivity (Wildman–Crippen MR) is 67.6 cm³/mol. The van der Waals surface area contributed by atoms with Gasteiger partial charge >= 0.3 is 0 Å². The summed E-state index contributed by atoms with van der Waals surface area (Å²) in [5.74, 6) is 3.00. The fourth-order valence-electron chi connectivity index (χ4n) is 4.04. The molecule has 96 valence electrons. The Balaban J connectivity index is 1.50. The molecule has 0 radical (unpaired) electrons. The van der Waals surface area contributed by atoms with Crippen molar-refractivity contribution < 1.29 is 4.79 Å². The zero-order chi connectivity index (χ0) is 11.8. The van der Waals surface area contributed by atoms with Crippen LogP contribution in [0.25, 0.3) is 0 Å². The molecular weight excluding hydrogens is 212 g/mol. The lowest BCUT2D eigenvalue weighted by Crippen LogP contribution is -2.47. The molecule has 0 aromatic rings. The summed E-state index contributed by atoms with van der Waals surface area (Å²) in [6.07, 6.45) is 6.42. The van der Waals surface area contributed by atoms with Gasteiger partial charge < -0.3 is 9.80 Å². The molecule has 2 saturated carbocycles. The Hall–Kier alpha value is -0.570. The first kappa shape index (κ1) is 11.5. The third-order valence-electron chi connectivity index (χ3n) is 5.18. The van der Waals surface area contributed by atoms with Gasteiger partial charge in [-0.15, -0.1) is 0 Å². The van der Waals surface area contributed by atoms with Gasteiger partial charge in [-0.2, -0.15) is 0 Å². The zero-order valence-electron chi connectivity index (χ0n) is 10.9. The van der Waals surface area contributed by atoms with E-state index in [-0.39, 0.29) is 0 Å². The summed E-state index contributed by atoms with van der Waals surface area (Å²) < 4.78 is 0. The fourth-order valence-corrected chi connectivity index (χ4v) is 4.04. The SMILES string of the molecule is CN1CCN(C(=O)CC2CC3CCC2C3)CC1. The molecule has 2 bridgehead atoms. The van der Waals surface area contributed by atoms with E-state index < -0.39 is 0 Å². The summed E-state index contributed by atoms with van der Waals surface area (Å²) >= 11 is 0. The lowest BCUT2D eigenvalue weighted by Gasteiger charge is -2.33. The Morgan fingerprint density at radius 2 is 1.88 bits per heavy atom. The van der Waals surface area contributed by atoms with Gasteiger partial charge in [-0.3, -0.25) is 4.79 Å². The van der Waals surface area contributed by atoms with Crippen LogP contribution < -0.4 is 0 Å². The molecule has 3 unspecified atom stereocenters. The third kappa shape index (κ3) is 2.35. The van der Waals surface area contributed by atoms with Crippen LogP contribution in [-0.2, 0) is 4.79 Å². The van der Waals surface area contributed by atoms with Crippen molar-refractivity contribution in [2.24, 2.45) is 17.8 Å². The minimum Gasteiger partial charge on any atom is -0.340 e. The van der Waals surface area contributed by atoms with Gasteiger partial charge in [0.2, 0.25) is 5.91 Å². The van der Waals surface area contributed by atoms with E-state index in [2.05, 4.69) is 16.8 Å². The summed E-state index contributed by atoms with van der Waals surface area (Å²) in [5, 5.41) is 0. The van der Waals surface area contributed by atoms with Crippen molar-refractivity contribution in [3.05, 3.63) is 0 Å². The van der Waals surface area contributed by atoms with Gasteiger partial charge in [0, 0.05) is 32.6 Å².